The summed E-state index contributed by atoms with van der Waals surface area (Å²) in [6.07, 6.45) is 0.442. The number of benzene rings is 1. The van der Waals surface area contributed by atoms with Gasteiger partial charge in [-0.05, 0) is 18.6 Å². The molecule has 1 aliphatic rings. The number of nitrogens with one attached hydrogen (secondary N) is 4. The molecule has 0 saturated carbocycles. The second-order valence-electron chi connectivity index (χ2n) is 4.78. The van der Waals surface area contributed by atoms with Crippen molar-refractivity contribution in [2.75, 3.05) is 0 Å². The van der Waals surface area contributed by atoms with Crippen LogP contribution in [0.25, 0.3) is 11.0 Å². The standard InChI is InChI=1S/C13H12N4O4/c18-9-5-4-8(12(20)16-9)14-11(19)6-2-1-3-7-10(6)17-13(21)15-7/h1-3,8H,4-5H2,(H,14,19)(H2,15,17,21)(H,16,18,20). The average molecular weight is 288 g/mol. The summed E-state index contributed by atoms with van der Waals surface area (Å²) < 4.78 is 0. The van der Waals surface area contributed by atoms with Gasteiger partial charge in [-0.1, -0.05) is 6.07 Å². The first-order chi connectivity index (χ1) is 10.0. The van der Waals surface area contributed by atoms with Gasteiger partial charge in [0.1, 0.15) is 6.04 Å². The number of carbonyl (C=O) groups is 3. The van der Waals surface area contributed by atoms with Gasteiger partial charge in [-0.15, -0.1) is 0 Å². The van der Waals surface area contributed by atoms with Gasteiger partial charge in [-0.2, -0.15) is 0 Å². The monoisotopic (exact) mass is 288 g/mol. The fourth-order valence-corrected chi connectivity index (χ4v) is 2.31. The highest BCUT2D eigenvalue weighted by Crippen LogP contribution is 2.14. The predicted molar refractivity (Wildman–Crippen MR) is 72.6 cm³/mol. The molecular formula is C13H12N4O4. The van der Waals surface area contributed by atoms with Crippen molar-refractivity contribution < 1.29 is 14.4 Å². The van der Waals surface area contributed by atoms with E-state index in [1.54, 1.807) is 18.2 Å². The fourth-order valence-electron chi connectivity index (χ4n) is 2.31. The van der Waals surface area contributed by atoms with E-state index in [1.165, 1.54) is 0 Å². The Bertz CT molecular complexity index is 804. The number of imide groups is 1. The summed E-state index contributed by atoms with van der Waals surface area (Å²) in [7, 11) is 0. The number of piperidine rings is 1. The third kappa shape index (κ3) is 2.42. The number of aromatic amines is 2. The van der Waals surface area contributed by atoms with E-state index in [1.807, 2.05) is 0 Å². The Labute approximate surface area is 117 Å². The number of para-hydroxylation sites is 1. The topological polar surface area (TPSA) is 124 Å². The Hall–Kier alpha value is -2.90. The molecule has 4 N–H and O–H groups in total. The van der Waals surface area contributed by atoms with Gasteiger partial charge < -0.3 is 15.3 Å². The van der Waals surface area contributed by atoms with E-state index >= 15 is 0 Å². The van der Waals surface area contributed by atoms with E-state index in [9.17, 15) is 19.2 Å². The van der Waals surface area contributed by atoms with Gasteiger partial charge in [0.05, 0.1) is 16.6 Å². The number of amides is 3. The molecule has 0 spiro atoms. The number of fused-ring (bicyclic) bond motifs is 1. The Kier molecular flexibility index (Phi) is 3.05. The fraction of sp³-hybridized carbons (Fsp3) is 0.231. The Morgan fingerprint density at radius 1 is 1.19 bits per heavy atom. The van der Waals surface area contributed by atoms with E-state index in [0.717, 1.165) is 0 Å². The lowest BCUT2D eigenvalue weighted by atomic mass is 10.1. The van der Waals surface area contributed by atoms with Gasteiger partial charge in [0, 0.05) is 6.42 Å². The van der Waals surface area contributed by atoms with Crippen molar-refractivity contribution in [2.24, 2.45) is 0 Å². The van der Waals surface area contributed by atoms with Gasteiger partial charge in [0.15, 0.2) is 0 Å². The van der Waals surface area contributed by atoms with Crippen LogP contribution in [0.15, 0.2) is 23.0 Å². The van der Waals surface area contributed by atoms with Crippen molar-refractivity contribution in [3.05, 3.63) is 34.2 Å². The van der Waals surface area contributed by atoms with Crippen LogP contribution in [-0.4, -0.2) is 33.7 Å². The molecule has 3 amide bonds. The van der Waals surface area contributed by atoms with E-state index in [-0.39, 0.29) is 24.3 Å². The molecule has 1 aliphatic heterocycles. The van der Waals surface area contributed by atoms with E-state index in [2.05, 4.69) is 20.6 Å². The normalized spacial score (nSPS) is 18.6. The number of H-pyrrole nitrogens is 2. The zero-order valence-electron chi connectivity index (χ0n) is 10.9. The molecule has 1 unspecified atom stereocenters. The van der Waals surface area contributed by atoms with Crippen LogP contribution in [0, 0.1) is 0 Å². The molecule has 1 aromatic carbocycles. The second-order valence-corrected chi connectivity index (χ2v) is 4.78. The summed E-state index contributed by atoms with van der Waals surface area (Å²) in [5, 5.41) is 4.74. The Balaban J connectivity index is 1.86. The van der Waals surface area contributed by atoms with Crippen LogP contribution in [0.2, 0.25) is 0 Å². The third-order valence-corrected chi connectivity index (χ3v) is 3.34. The molecule has 108 valence electrons. The van der Waals surface area contributed by atoms with Gasteiger partial charge in [0.25, 0.3) is 5.91 Å². The van der Waals surface area contributed by atoms with Gasteiger partial charge in [-0.25, -0.2) is 4.79 Å². The molecule has 0 aliphatic carbocycles. The molecule has 1 fully saturated rings. The van der Waals surface area contributed by atoms with Crippen LogP contribution in [0.5, 0.6) is 0 Å². The summed E-state index contributed by atoms with van der Waals surface area (Å²) in [5.41, 5.74) is 0.741. The van der Waals surface area contributed by atoms with Crippen molar-refractivity contribution >= 4 is 28.8 Å². The number of carbonyl (C=O) groups excluding carboxylic acids is 3. The van der Waals surface area contributed by atoms with Crippen LogP contribution in [0.3, 0.4) is 0 Å². The summed E-state index contributed by atoms with van der Waals surface area (Å²) in [6.45, 7) is 0. The van der Waals surface area contributed by atoms with Crippen LogP contribution >= 0.6 is 0 Å². The number of imidazole rings is 1. The molecular weight excluding hydrogens is 276 g/mol. The largest absolute Gasteiger partial charge is 0.340 e. The van der Waals surface area contributed by atoms with Gasteiger partial charge in [0.2, 0.25) is 11.8 Å². The van der Waals surface area contributed by atoms with Crippen LogP contribution in [0.1, 0.15) is 23.2 Å². The molecule has 0 radical (unpaired) electrons. The minimum absolute atomic E-state index is 0.182. The van der Waals surface area contributed by atoms with Crippen molar-refractivity contribution in [2.45, 2.75) is 18.9 Å². The minimum atomic E-state index is -0.754. The molecule has 8 heteroatoms. The lowest BCUT2D eigenvalue weighted by molar-refractivity contribution is -0.134. The van der Waals surface area contributed by atoms with Crippen molar-refractivity contribution in [3.63, 3.8) is 0 Å². The first-order valence-electron chi connectivity index (χ1n) is 6.40. The van der Waals surface area contributed by atoms with Crippen LogP contribution in [0.4, 0.5) is 0 Å². The molecule has 8 nitrogen and oxygen atoms in total. The molecule has 0 bridgehead atoms. The lowest BCUT2D eigenvalue weighted by Gasteiger charge is -2.21. The molecule has 3 rings (SSSR count). The minimum Gasteiger partial charge on any atom is -0.340 e. The van der Waals surface area contributed by atoms with Gasteiger partial charge >= 0.3 is 5.69 Å². The first kappa shape index (κ1) is 13.1. The highest BCUT2D eigenvalue weighted by molar-refractivity contribution is 6.08. The highest BCUT2D eigenvalue weighted by atomic mass is 16.2. The van der Waals surface area contributed by atoms with Crippen molar-refractivity contribution in [1.82, 2.24) is 20.6 Å². The Morgan fingerprint density at radius 2 is 2.00 bits per heavy atom. The maximum Gasteiger partial charge on any atom is 0.323 e. The molecule has 1 aromatic heterocycles. The summed E-state index contributed by atoms with van der Waals surface area (Å²) in [6, 6.07) is 4.09. The zero-order valence-corrected chi connectivity index (χ0v) is 10.9. The molecule has 2 aromatic rings. The molecule has 1 atom stereocenters. The summed E-state index contributed by atoms with van der Waals surface area (Å²) in [5.74, 6) is -1.35. The number of aromatic nitrogens is 2. The zero-order chi connectivity index (χ0) is 15.0. The Morgan fingerprint density at radius 3 is 2.76 bits per heavy atom. The quantitative estimate of drug-likeness (QED) is 0.550. The average Bonchev–Trinajstić information content (AvgIpc) is 2.81. The molecule has 1 saturated heterocycles. The number of hydrogen-bond donors (Lipinski definition) is 4. The SMILES string of the molecule is O=C1CCC(NC(=O)c2cccc3[nH]c(=O)[nH]c23)C(=O)N1. The molecule has 21 heavy (non-hydrogen) atoms. The van der Waals surface area contributed by atoms with Gasteiger partial charge in [-0.3, -0.25) is 19.7 Å². The lowest BCUT2D eigenvalue weighted by Crippen LogP contribution is -2.52. The first-order valence-corrected chi connectivity index (χ1v) is 6.40. The third-order valence-electron chi connectivity index (χ3n) is 3.34. The number of rotatable bonds is 2. The maximum absolute atomic E-state index is 12.3. The van der Waals surface area contributed by atoms with E-state index in [0.29, 0.717) is 11.0 Å². The second kappa shape index (κ2) is 4.89. The maximum atomic E-state index is 12.3. The molecule has 2 heterocycles. The summed E-state index contributed by atoms with van der Waals surface area (Å²) >= 11 is 0. The van der Waals surface area contributed by atoms with Crippen molar-refractivity contribution in [3.8, 4) is 0 Å². The van der Waals surface area contributed by atoms with Crippen LogP contribution < -0.4 is 16.3 Å². The van der Waals surface area contributed by atoms with Crippen molar-refractivity contribution in [1.29, 1.82) is 0 Å². The smallest absolute Gasteiger partial charge is 0.323 e. The number of hydrogen-bond acceptors (Lipinski definition) is 4. The van der Waals surface area contributed by atoms with E-state index in [4.69, 9.17) is 0 Å². The van der Waals surface area contributed by atoms with E-state index < -0.39 is 23.5 Å². The summed E-state index contributed by atoms with van der Waals surface area (Å²) in [4.78, 5) is 51.3. The predicted octanol–water partition coefficient (Wildman–Crippen LogP) is -0.609. The van der Waals surface area contributed by atoms with Crippen LogP contribution in [-0.2, 0) is 9.59 Å². The highest BCUT2D eigenvalue weighted by Gasteiger charge is 2.28.